The highest BCUT2D eigenvalue weighted by molar-refractivity contribution is 5.85. The smallest absolute Gasteiger partial charge is 0.260 e. The lowest BCUT2D eigenvalue weighted by atomic mass is 9.92. The van der Waals surface area contributed by atoms with E-state index in [2.05, 4.69) is 5.32 Å². The third-order valence-electron chi connectivity index (χ3n) is 3.69. The predicted molar refractivity (Wildman–Crippen MR) is 82.1 cm³/mol. The van der Waals surface area contributed by atoms with Crippen LogP contribution in [-0.4, -0.2) is 24.1 Å². The van der Waals surface area contributed by atoms with Crippen molar-refractivity contribution in [1.82, 2.24) is 5.32 Å². The van der Waals surface area contributed by atoms with Gasteiger partial charge >= 0.3 is 0 Å². The van der Waals surface area contributed by atoms with Crippen molar-refractivity contribution in [3.05, 3.63) is 29.8 Å². The lowest BCUT2D eigenvalue weighted by Crippen LogP contribution is -2.45. The van der Waals surface area contributed by atoms with Crippen molar-refractivity contribution in [3.8, 4) is 5.75 Å². The lowest BCUT2D eigenvalue weighted by Gasteiger charge is -2.27. The quantitative estimate of drug-likeness (QED) is 0.889. The molecule has 22 heavy (non-hydrogen) atoms. The Bertz CT molecular complexity index is 508. The Morgan fingerprint density at radius 3 is 2.50 bits per heavy atom. The second-order valence-corrected chi connectivity index (χ2v) is 5.46. The Labute approximate surface area is 134 Å². The van der Waals surface area contributed by atoms with Crippen molar-refractivity contribution in [1.29, 1.82) is 0 Å². The second-order valence-electron chi connectivity index (χ2n) is 5.46. The van der Waals surface area contributed by atoms with E-state index in [0.717, 1.165) is 37.8 Å². The summed E-state index contributed by atoms with van der Waals surface area (Å²) in [6.45, 7) is 1.57. The molecule has 0 bridgehead atoms. The predicted octanol–water partition coefficient (Wildman–Crippen LogP) is 2.54. The van der Waals surface area contributed by atoms with Gasteiger partial charge in [-0.2, -0.15) is 0 Å². The lowest BCUT2D eigenvalue weighted by molar-refractivity contribution is -0.128. The van der Waals surface area contributed by atoms with Crippen LogP contribution in [0.3, 0.4) is 0 Å². The number of benzene rings is 1. The van der Waals surface area contributed by atoms with E-state index in [4.69, 9.17) is 10.5 Å². The first kappa shape index (κ1) is 18.6. The molecule has 4 nitrogen and oxygen atoms in total. The second kappa shape index (κ2) is 8.29. The van der Waals surface area contributed by atoms with Crippen molar-refractivity contribution in [2.75, 3.05) is 0 Å². The molecule has 0 spiro atoms. The Morgan fingerprint density at radius 1 is 1.27 bits per heavy atom. The number of halogens is 3. The van der Waals surface area contributed by atoms with Crippen LogP contribution in [0.4, 0.5) is 8.78 Å². The van der Waals surface area contributed by atoms with Crippen LogP contribution in [0.25, 0.3) is 0 Å². The molecule has 0 radical (unpaired) electrons. The first-order valence-corrected chi connectivity index (χ1v) is 7.13. The van der Waals surface area contributed by atoms with Gasteiger partial charge in [-0.15, -0.1) is 12.4 Å². The summed E-state index contributed by atoms with van der Waals surface area (Å²) in [6, 6.07) is 3.51. The number of carbonyl (C=O) groups excluding carboxylic acids is 1. The first-order chi connectivity index (χ1) is 9.95. The molecule has 0 aromatic heterocycles. The van der Waals surface area contributed by atoms with Crippen LogP contribution >= 0.6 is 12.4 Å². The standard InChI is InChI=1S/C15H20F2N2O2.ClH/c1-9(21-12-6-7-13(16)14(17)8-12)15(20)19-11-4-2-10(18)3-5-11;/h6-11H,2-5,18H2,1H3,(H,19,20);1H. The highest BCUT2D eigenvalue weighted by atomic mass is 35.5. The number of ether oxygens (including phenoxy) is 1. The molecule has 0 heterocycles. The molecule has 7 heteroatoms. The van der Waals surface area contributed by atoms with Gasteiger partial charge in [-0.05, 0) is 44.7 Å². The molecule has 3 N–H and O–H groups in total. The highest BCUT2D eigenvalue weighted by Crippen LogP contribution is 2.19. The van der Waals surface area contributed by atoms with Gasteiger partial charge in [-0.1, -0.05) is 0 Å². The molecule has 1 unspecified atom stereocenters. The zero-order valence-corrected chi connectivity index (χ0v) is 13.2. The van der Waals surface area contributed by atoms with E-state index in [-0.39, 0.29) is 36.1 Å². The third-order valence-corrected chi connectivity index (χ3v) is 3.69. The molecule has 124 valence electrons. The Morgan fingerprint density at radius 2 is 1.91 bits per heavy atom. The van der Waals surface area contributed by atoms with Crippen LogP contribution < -0.4 is 15.8 Å². The van der Waals surface area contributed by atoms with Crippen LogP contribution in [0.5, 0.6) is 5.75 Å². The molecular formula is C15H21ClF2N2O2. The molecule has 1 aliphatic rings. The molecule has 1 aliphatic carbocycles. The number of rotatable bonds is 4. The molecule has 1 amide bonds. The maximum Gasteiger partial charge on any atom is 0.260 e. The number of hydrogen-bond donors (Lipinski definition) is 2. The summed E-state index contributed by atoms with van der Waals surface area (Å²) in [6.07, 6.45) is 2.72. The molecule has 1 atom stereocenters. The molecule has 1 aromatic carbocycles. The van der Waals surface area contributed by atoms with Crippen LogP contribution in [0, 0.1) is 11.6 Å². The largest absolute Gasteiger partial charge is 0.481 e. The summed E-state index contributed by atoms with van der Waals surface area (Å²) >= 11 is 0. The summed E-state index contributed by atoms with van der Waals surface area (Å²) in [4.78, 5) is 12.0. The molecule has 1 aromatic rings. The van der Waals surface area contributed by atoms with Gasteiger partial charge in [0, 0.05) is 18.2 Å². The van der Waals surface area contributed by atoms with E-state index < -0.39 is 17.7 Å². The number of hydrogen-bond acceptors (Lipinski definition) is 3. The van der Waals surface area contributed by atoms with Crippen LogP contribution in [0.15, 0.2) is 18.2 Å². The van der Waals surface area contributed by atoms with E-state index in [9.17, 15) is 13.6 Å². The number of carbonyl (C=O) groups is 1. The Hall–Kier alpha value is -1.40. The highest BCUT2D eigenvalue weighted by Gasteiger charge is 2.23. The zero-order chi connectivity index (χ0) is 15.4. The van der Waals surface area contributed by atoms with E-state index in [1.807, 2.05) is 0 Å². The van der Waals surface area contributed by atoms with Crippen molar-refractivity contribution in [2.24, 2.45) is 5.73 Å². The minimum Gasteiger partial charge on any atom is -0.481 e. The molecule has 1 fully saturated rings. The van der Waals surface area contributed by atoms with E-state index in [1.165, 1.54) is 6.07 Å². The van der Waals surface area contributed by atoms with Gasteiger partial charge in [0.05, 0.1) is 0 Å². The SMILES string of the molecule is CC(Oc1ccc(F)c(F)c1)C(=O)NC1CCC(N)CC1.Cl. The average molecular weight is 335 g/mol. The number of nitrogens with two attached hydrogens (primary N) is 1. The van der Waals surface area contributed by atoms with Crippen LogP contribution in [0.1, 0.15) is 32.6 Å². The monoisotopic (exact) mass is 334 g/mol. The Kier molecular flexibility index (Phi) is 7.03. The number of amides is 1. The first-order valence-electron chi connectivity index (χ1n) is 7.13. The normalized spacial score (nSPS) is 22.4. The molecule has 0 aliphatic heterocycles. The minimum absolute atomic E-state index is 0. The summed E-state index contributed by atoms with van der Waals surface area (Å²) in [5.41, 5.74) is 5.81. The van der Waals surface area contributed by atoms with E-state index in [1.54, 1.807) is 6.92 Å². The van der Waals surface area contributed by atoms with Gasteiger partial charge < -0.3 is 15.8 Å². The van der Waals surface area contributed by atoms with Crippen molar-refractivity contribution in [2.45, 2.75) is 50.8 Å². The molecule has 0 saturated heterocycles. The summed E-state index contributed by atoms with van der Waals surface area (Å²) < 4.78 is 31.2. The third kappa shape index (κ3) is 5.10. The van der Waals surface area contributed by atoms with Gasteiger partial charge in [0.2, 0.25) is 0 Å². The van der Waals surface area contributed by atoms with Gasteiger partial charge in [0.15, 0.2) is 17.7 Å². The molecular weight excluding hydrogens is 314 g/mol. The summed E-state index contributed by atoms with van der Waals surface area (Å²) in [5, 5.41) is 2.90. The topological polar surface area (TPSA) is 64.3 Å². The Balaban J connectivity index is 0.00000242. The van der Waals surface area contributed by atoms with Crippen LogP contribution in [0.2, 0.25) is 0 Å². The summed E-state index contributed by atoms with van der Waals surface area (Å²) in [7, 11) is 0. The number of nitrogens with one attached hydrogen (secondary N) is 1. The summed E-state index contributed by atoms with van der Waals surface area (Å²) in [5.74, 6) is -2.08. The van der Waals surface area contributed by atoms with E-state index >= 15 is 0 Å². The fourth-order valence-corrected chi connectivity index (χ4v) is 2.39. The maximum absolute atomic E-state index is 13.1. The maximum atomic E-state index is 13.1. The van der Waals surface area contributed by atoms with Gasteiger partial charge in [0.25, 0.3) is 5.91 Å². The van der Waals surface area contributed by atoms with E-state index in [0.29, 0.717) is 0 Å². The van der Waals surface area contributed by atoms with Gasteiger partial charge in [0.1, 0.15) is 5.75 Å². The van der Waals surface area contributed by atoms with Crippen molar-refractivity contribution in [3.63, 3.8) is 0 Å². The molecule has 1 saturated carbocycles. The minimum atomic E-state index is -0.999. The zero-order valence-electron chi connectivity index (χ0n) is 12.4. The molecule has 2 rings (SSSR count). The fraction of sp³-hybridized carbons (Fsp3) is 0.533. The van der Waals surface area contributed by atoms with Gasteiger partial charge in [-0.3, -0.25) is 4.79 Å². The average Bonchev–Trinajstić information content (AvgIpc) is 2.45. The van der Waals surface area contributed by atoms with Crippen LogP contribution in [-0.2, 0) is 4.79 Å². The van der Waals surface area contributed by atoms with Crippen molar-refractivity contribution >= 4 is 18.3 Å². The fourth-order valence-electron chi connectivity index (χ4n) is 2.39. The van der Waals surface area contributed by atoms with Gasteiger partial charge in [-0.25, -0.2) is 8.78 Å². The van der Waals surface area contributed by atoms with Crippen molar-refractivity contribution < 1.29 is 18.3 Å².